The summed E-state index contributed by atoms with van der Waals surface area (Å²) < 4.78 is 0. The lowest BCUT2D eigenvalue weighted by molar-refractivity contribution is -0.379. The maximum Gasteiger partial charge on any atom is 0.255 e. The van der Waals surface area contributed by atoms with E-state index < -0.39 is 0 Å². The molecule has 0 amide bonds. The van der Waals surface area contributed by atoms with Crippen molar-refractivity contribution in [3.63, 3.8) is 0 Å². The predicted molar refractivity (Wildman–Crippen MR) is 38.5 cm³/mol. The van der Waals surface area contributed by atoms with Gasteiger partial charge in [-0.2, -0.15) is 0 Å². The van der Waals surface area contributed by atoms with Crippen molar-refractivity contribution in [2.45, 2.75) is 0 Å². The number of nitrogens with two attached hydrogens (primary N) is 1. The van der Waals surface area contributed by atoms with Crippen LogP contribution in [0.15, 0.2) is 24.3 Å². The molecule has 0 saturated carbocycles. The molecule has 4 heteroatoms. The van der Waals surface area contributed by atoms with E-state index in [1.54, 1.807) is 29.4 Å². The zero-order valence-corrected chi connectivity index (χ0v) is 5.29. The number of nitroso groups, excluding NO2 is 1. The largest absolute Gasteiger partial charge is 0.412 e. The summed E-state index contributed by atoms with van der Waals surface area (Å²) in [7, 11) is 0. The molecule has 0 aliphatic heterocycles. The molecule has 0 saturated heterocycles. The number of anilines is 1. The number of nitrogens with one attached hydrogen (secondary N) is 1. The van der Waals surface area contributed by atoms with E-state index in [0.29, 0.717) is 11.4 Å². The van der Waals surface area contributed by atoms with Gasteiger partial charge in [0.25, 0.3) is 5.69 Å². The van der Waals surface area contributed by atoms with E-state index in [1.165, 1.54) is 0 Å². The summed E-state index contributed by atoms with van der Waals surface area (Å²) in [6, 6.07) is 6.67. The number of nitrogen functional groups attached to an aromatic ring is 1. The summed E-state index contributed by atoms with van der Waals surface area (Å²) in [6.45, 7) is 0. The van der Waals surface area contributed by atoms with Gasteiger partial charge in [0.2, 0.25) is 0 Å². The van der Waals surface area contributed by atoms with Crippen LogP contribution in [0.25, 0.3) is 0 Å². The van der Waals surface area contributed by atoms with Crippen molar-refractivity contribution in [1.82, 2.24) is 0 Å². The van der Waals surface area contributed by atoms with Crippen molar-refractivity contribution in [3.8, 4) is 0 Å². The highest BCUT2D eigenvalue weighted by Crippen LogP contribution is 2.04. The highest BCUT2D eigenvalue weighted by atomic mass is 16.3. The Balaban J connectivity index is 0.000000810. The molecule has 10 heavy (non-hydrogen) atoms. The van der Waals surface area contributed by atoms with Gasteiger partial charge in [0.05, 0.1) is 0 Å². The summed E-state index contributed by atoms with van der Waals surface area (Å²) in [5.74, 6) is 0. The van der Waals surface area contributed by atoms with Crippen molar-refractivity contribution >= 4 is 11.4 Å². The highest BCUT2D eigenvalue weighted by Gasteiger charge is 1.94. The first-order chi connectivity index (χ1) is 4.33. The molecule has 0 aromatic heterocycles. The highest BCUT2D eigenvalue weighted by molar-refractivity contribution is 5.46. The summed E-state index contributed by atoms with van der Waals surface area (Å²) >= 11 is 0. The van der Waals surface area contributed by atoms with Crippen LogP contribution in [0.5, 0.6) is 0 Å². The molecule has 0 bridgehead atoms. The molecule has 4 nitrogen and oxygen atoms in total. The fourth-order valence-corrected chi connectivity index (χ4v) is 0.602. The second kappa shape index (κ2) is 3.58. The fourth-order valence-electron chi connectivity index (χ4n) is 0.602. The minimum Gasteiger partial charge on any atom is -0.412 e. The molecule has 5 N–H and O–H groups in total. The molecular formula is C6H9N2O2+. The van der Waals surface area contributed by atoms with Gasteiger partial charge < -0.3 is 11.2 Å². The van der Waals surface area contributed by atoms with Crippen LogP contribution in [0.3, 0.4) is 0 Å². The maximum absolute atomic E-state index is 9.98. The molecular weight excluding hydrogens is 132 g/mol. The molecule has 0 fully saturated rings. The van der Waals surface area contributed by atoms with Gasteiger partial charge in [-0.25, -0.2) is 0 Å². The Morgan fingerprint density at radius 1 is 1.40 bits per heavy atom. The first kappa shape index (κ1) is 8.58. The Labute approximate surface area is 57.9 Å². The Morgan fingerprint density at radius 2 is 2.10 bits per heavy atom. The van der Waals surface area contributed by atoms with E-state index in [1.807, 2.05) is 0 Å². The Morgan fingerprint density at radius 3 is 2.50 bits per heavy atom. The minimum absolute atomic E-state index is 0. The van der Waals surface area contributed by atoms with Gasteiger partial charge >= 0.3 is 0 Å². The van der Waals surface area contributed by atoms with E-state index in [2.05, 4.69) is 0 Å². The van der Waals surface area contributed by atoms with Crippen LogP contribution in [0.4, 0.5) is 11.4 Å². The Kier molecular flexibility index (Phi) is 3.07. The summed E-state index contributed by atoms with van der Waals surface area (Å²) in [6.07, 6.45) is 0. The first-order valence-corrected chi connectivity index (χ1v) is 2.56. The third kappa shape index (κ3) is 1.83. The number of benzene rings is 1. The number of hydrogen-bond donors (Lipinski definition) is 2. The van der Waals surface area contributed by atoms with E-state index in [0.717, 1.165) is 0 Å². The first-order valence-electron chi connectivity index (χ1n) is 2.56. The average molecular weight is 141 g/mol. The molecule has 0 spiro atoms. The van der Waals surface area contributed by atoms with E-state index in [9.17, 15) is 4.91 Å². The minimum atomic E-state index is 0. The summed E-state index contributed by atoms with van der Waals surface area (Å²) in [5.41, 5.74) is 6.44. The monoisotopic (exact) mass is 141 g/mol. The van der Waals surface area contributed by atoms with Gasteiger partial charge in [0, 0.05) is 27.9 Å². The second-order valence-electron chi connectivity index (χ2n) is 1.73. The molecule has 54 valence electrons. The van der Waals surface area contributed by atoms with E-state index >= 15 is 0 Å². The molecule has 1 rings (SSSR count). The standard InChI is InChI=1S/C6H6N2O.H2O/c7-5-2-1-3-6(4-5)8-9;/h1-4H,7H2;1H2/p+1. The van der Waals surface area contributed by atoms with Crippen molar-refractivity contribution in [2.24, 2.45) is 0 Å². The number of hydrogen-bond acceptors (Lipinski definition) is 2. The SMILES string of the molecule is Nc1cccc([NH+]=O)c1.O. The zero-order valence-electron chi connectivity index (χ0n) is 5.29. The molecule has 0 radical (unpaired) electrons. The molecule has 0 aliphatic carbocycles. The summed E-state index contributed by atoms with van der Waals surface area (Å²) in [4.78, 5) is 9.98. The third-order valence-corrected chi connectivity index (χ3v) is 1.00. The van der Waals surface area contributed by atoms with Crippen molar-refractivity contribution in [2.75, 3.05) is 5.73 Å². The Bertz CT molecular complexity index is 225. The molecule has 1 aromatic rings. The van der Waals surface area contributed by atoms with Gasteiger partial charge in [0.1, 0.15) is 0 Å². The van der Waals surface area contributed by atoms with Crippen LogP contribution in [0.1, 0.15) is 0 Å². The van der Waals surface area contributed by atoms with E-state index in [4.69, 9.17) is 5.73 Å². The van der Waals surface area contributed by atoms with Gasteiger partial charge in [-0.15, -0.1) is 0 Å². The van der Waals surface area contributed by atoms with Gasteiger partial charge in [0.15, 0.2) is 0 Å². The lowest BCUT2D eigenvalue weighted by Gasteiger charge is -1.85. The van der Waals surface area contributed by atoms with Crippen LogP contribution in [0, 0.1) is 4.91 Å². The van der Waals surface area contributed by atoms with Crippen molar-refractivity contribution in [1.29, 1.82) is 0 Å². The topological polar surface area (TPSA) is 88.6 Å². The third-order valence-electron chi connectivity index (χ3n) is 1.00. The molecule has 0 aliphatic rings. The average Bonchev–Trinajstić information content (AvgIpc) is 1.88. The molecule has 1 aromatic carbocycles. The van der Waals surface area contributed by atoms with Crippen LogP contribution in [-0.2, 0) is 0 Å². The molecule has 0 heterocycles. The van der Waals surface area contributed by atoms with Crippen LogP contribution >= 0.6 is 0 Å². The Hall–Kier alpha value is -1.42. The van der Waals surface area contributed by atoms with Gasteiger partial charge in [-0.3, -0.25) is 0 Å². The predicted octanol–water partition coefficient (Wildman–Crippen LogP) is -1.08. The zero-order chi connectivity index (χ0) is 6.69. The smallest absolute Gasteiger partial charge is 0.255 e. The number of rotatable bonds is 1. The quantitative estimate of drug-likeness (QED) is 0.487. The lowest BCUT2D eigenvalue weighted by Crippen LogP contribution is -2.55. The van der Waals surface area contributed by atoms with E-state index in [-0.39, 0.29) is 5.48 Å². The molecule has 0 atom stereocenters. The molecule has 0 unspecified atom stereocenters. The van der Waals surface area contributed by atoms with Crippen molar-refractivity contribution in [3.05, 3.63) is 29.2 Å². The van der Waals surface area contributed by atoms with Gasteiger partial charge in [-0.1, -0.05) is 6.07 Å². The maximum atomic E-state index is 9.98. The summed E-state index contributed by atoms with van der Waals surface area (Å²) in [5, 5.41) is 1.74. The van der Waals surface area contributed by atoms with Crippen LogP contribution in [0.2, 0.25) is 0 Å². The van der Waals surface area contributed by atoms with Crippen molar-refractivity contribution < 1.29 is 10.7 Å². The second-order valence-corrected chi connectivity index (χ2v) is 1.73. The van der Waals surface area contributed by atoms with Crippen LogP contribution < -0.4 is 10.9 Å². The van der Waals surface area contributed by atoms with Crippen LogP contribution in [-0.4, -0.2) is 5.48 Å². The fraction of sp³-hybridized carbons (Fsp3) is 0. The lowest BCUT2D eigenvalue weighted by atomic mass is 10.3. The normalized spacial score (nSPS) is 8.00. The van der Waals surface area contributed by atoms with Gasteiger partial charge in [-0.05, 0) is 6.07 Å².